The van der Waals surface area contributed by atoms with Crippen LogP contribution in [0.4, 0.5) is 0 Å². The third-order valence-corrected chi connectivity index (χ3v) is 2.94. The molecule has 1 heterocycles. The second kappa shape index (κ2) is 6.18. The van der Waals surface area contributed by atoms with E-state index in [9.17, 15) is 9.59 Å². The highest BCUT2D eigenvalue weighted by molar-refractivity contribution is 6.04. The molecule has 106 valence electrons. The van der Waals surface area contributed by atoms with Crippen molar-refractivity contribution in [3.05, 3.63) is 35.9 Å². The van der Waals surface area contributed by atoms with Crippen LogP contribution in [0.5, 0.6) is 0 Å². The van der Waals surface area contributed by atoms with Crippen molar-refractivity contribution in [3.8, 4) is 0 Å². The normalized spacial score (nSPS) is 18.9. The number of oxime groups is 1. The number of nitrogens with zero attached hydrogens (tertiary/aromatic N) is 1. The molecule has 0 aliphatic carbocycles. The molecular weight excluding hydrogens is 260 g/mol. The lowest BCUT2D eigenvalue weighted by molar-refractivity contribution is -0.138. The number of carboxylic acids is 1. The van der Waals surface area contributed by atoms with E-state index in [2.05, 4.69) is 10.5 Å². The summed E-state index contributed by atoms with van der Waals surface area (Å²) in [6.07, 6.45) is -0.429. The van der Waals surface area contributed by atoms with E-state index in [4.69, 9.17) is 9.94 Å². The van der Waals surface area contributed by atoms with Gasteiger partial charge in [-0.3, -0.25) is 9.59 Å². The zero-order valence-electron chi connectivity index (χ0n) is 11.1. The van der Waals surface area contributed by atoms with E-state index >= 15 is 0 Å². The quantitative estimate of drug-likeness (QED) is 0.844. The average Bonchev–Trinajstić information content (AvgIpc) is 2.88. The Bertz CT molecular complexity index is 527. The number of nitrogens with one attached hydrogen (secondary N) is 1. The van der Waals surface area contributed by atoms with Crippen molar-refractivity contribution in [3.63, 3.8) is 0 Å². The van der Waals surface area contributed by atoms with Crippen LogP contribution >= 0.6 is 0 Å². The predicted molar refractivity (Wildman–Crippen MR) is 72.3 cm³/mol. The highest BCUT2D eigenvalue weighted by atomic mass is 16.6. The summed E-state index contributed by atoms with van der Waals surface area (Å²) in [6.45, 7) is 1.64. The zero-order chi connectivity index (χ0) is 14.5. The summed E-state index contributed by atoms with van der Waals surface area (Å²) in [5.41, 5.74) is 1.64. The van der Waals surface area contributed by atoms with Crippen LogP contribution in [0, 0.1) is 0 Å². The van der Waals surface area contributed by atoms with Gasteiger partial charge in [0.1, 0.15) is 0 Å². The summed E-state index contributed by atoms with van der Waals surface area (Å²) in [5, 5.41) is 15.2. The summed E-state index contributed by atoms with van der Waals surface area (Å²) in [5.74, 6) is -1.29. The number of carbonyl (C=O) groups excluding carboxylic acids is 1. The van der Waals surface area contributed by atoms with Crippen LogP contribution < -0.4 is 5.32 Å². The molecule has 0 bridgehead atoms. The molecule has 0 radical (unpaired) electrons. The average molecular weight is 276 g/mol. The van der Waals surface area contributed by atoms with Crippen LogP contribution in [-0.4, -0.2) is 34.8 Å². The van der Waals surface area contributed by atoms with Gasteiger partial charge in [-0.25, -0.2) is 0 Å². The van der Waals surface area contributed by atoms with Crippen LogP contribution in [0.25, 0.3) is 0 Å². The lowest BCUT2D eigenvalue weighted by atomic mass is 10.0. The van der Waals surface area contributed by atoms with E-state index < -0.39 is 18.1 Å². The van der Waals surface area contributed by atoms with E-state index in [1.54, 1.807) is 6.92 Å². The van der Waals surface area contributed by atoms with Gasteiger partial charge in [-0.15, -0.1) is 0 Å². The molecule has 0 spiro atoms. The molecule has 1 aliphatic heterocycles. The standard InChI is InChI=1S/C14H16N2O4/c1-9(7-13(17)18)15-14(19)12-8-11(16-20-12)10-5-3-2-4-6-10/h2-6,9,12H,7-8H2,1H3,(H,15,19)(H,17,18). The highest BCUT2D eigenvalue weighted by Gasteiger charge is 2.29. The van der Waals surface area contributed by atoms with Crippen LogP contribution in [0.1, 0.15) is 25.3 Å². The first kappa shape index (κ1) is 14.0. The lowest BCUT2D eigenvalue weighted by Gasteiger charge is -2.14. The molecule has 0 fully saturated rings. The smallest absolute Gasteiger partial charge is 0.305 e. The summed E-state index contributed by atoms with van der Waals surface area (Å²) in [7, 11) is 0. The van der Waals surface area contributed by atoms with Gasteiger partial charge in [0, 0.05) is 12.5 Å². The monoisotopic (exact) mass is 276 g/mol. The Kier molecular flexibility index (Phi) is 4.34. The molecule has 2 atom stereocenters. The van der Waals surface area contributed by atoms with Gasteiger partial charge in [0.15, 0.2) is 0 Å². The molecule has 0 aromatic heterocycles. The molecule has 0 saturated heterocycles. The third kappa shape index (κ3) is 3.57. The summed E-state index contributed by atoms with van der Waals surface area (Å²) in [4.78, 5) is 27.6. The lowest BCUT2D eigenvalue weighted by Crippen LogP contribution is -2.41. The number of carbonyl (C=O) groups is 2. The molecule has 2 rings (SSSR count). The van der Waals surface area contributed by atoms with Crippen LogP contribution in [-0.2, 0) is 14.4 Å². The number of benzene rings is 1. The second-order valence-corrected chi connectivity index (χ2v) is 4.71. The van der Waals surface area contributed by atoms with E-state index in [-0.39, 0.29) is 12.3 Å². The molecule has 1 aromatic rings. The molecule has 1 amide bonds. The SMILES string of the molecule is CC(CC(=O)O)NC(=O)C1CC(c2ccccc2)=NO1. The molecule has 6 heteroatoms. The number of rotatable bonds is 5. The maximum Gasteiger partial charge on any atom is 0.305 e. The van der Waals surface area contributed by atoms with Gasteiger partial charge >= 0.3 is 5.97 Å². The fourth-order valence-corrected chi connectivity index (χ4v) is 1.97. The molecule has 2 unspecified atom stereocenters. The minimum Gasteiger partial charge on any atom is -0.481 e. The third-order valence-electron chi connectivity index (χ3n) is 2.94. The van der Waals surface area contributed by atoms with Gasteiger partial charge in [-0.1, -0.05) is 35.5 Å². The van der Waals surface area contributed by atoms with Gasteiger partial charge in [0.2, 0.25) is 6.10 Å². The molecule has 1 aliphatic rings. The Labute approximate surface area is 116 Å². The van der Waals surface area contributed by atoms with Crippen molar-refractivity contribution in [2.24, 2.45) is 5.16 Å². The largest absolute Gasteiger partial charge is 0.481 e. The summed E-state index contributed by atoms with van der Waals surface area (Å²) >= 11 is 0. The first-order valence-corrected chi connectivity index (χ1v) is 6.36. The van der Waals surface area contributed by atoms with E-state index in [1.807, 2.05) is 30.3 Å². The molecule has 1 aromatic carbocycles. The zero-order valence-corrected chi connectivity index (χ0v) is 11.1. The Morgan fingerprint density at radius 3 is 2.80 bits per heavy atom. The van der Waals surface area contributed by atoms with Gasteiger partial charge in [-0.05, 0) is 12.5 Å². The number of amides is 1. The minimum absolute atomic E-state index is 0.120. The Morgan fingerprint density at radius 1 is 1.45 bits per heavy atom. The summed E-state index contributed by atoms with van der Waals surface area (Å²) in [6, 6.07) is 9.03. The maximum atomic E-state index is 11.9. The highest BCUT2D eigenvalue weighted by Crippen LogP contribution is 2.16. The van der Waals surface area contributed by atoms with Crippen molar-refractivity contribution < 1.29 is 19.5 Å². The van der Waals surface area contributed by atoms with Crippen molar-refractivity contribution in [2.45, 2.75) is 31.9 Å². The fraction of sp³-hybridized carbons (Fsp3) is 0.357. The van der Waals surface area contributed by atoms with Crippen molar-refractivity contribution in [2.75, 3.05) is 0 Å². The van der Waals surface area contributed by atoms with E-state index in [0.717, 1.165) is 11.3 Å². The summed E-state index contributed by atoms with van der Waals surface area (Å²) < 4.78 is 0. The van der Waals surface area contributed by atoms with E-state index in [0.29, 0.717) is 6.42 Å². The second-order valence-electron chi connectivity index (χ2n) is 4.71. The number of hydrogen-bond acceptors (Lipinski definition) is 4. The topological polar surface area (TPSA) is 88.0 Å². The first-order valence-electron chi connectivity index (χ1n) is 6.36. The molecule has 6 nitrogen and oxygen atoms in total. The molecule has 2 N–H and O–H groups in total. The van der Waals surface area contributed by atoms with Gasteiger partial charge in [0.25, 0.3) is 5.91 Å². The van der Waals surface area contributed by atoms with Crippen LogP contribution in [0.3, 0.4) is 0 Å². The number of aliphatic carboxylic acids is 1. The Hall–Kier alpha value is -2.37. The Morgan fingerprint density at radius 2 is 2.15 bits per heavy atom. The minimum atomic E-state index is -0.952. The molecule has 20 heavy (non-hydrogen) atoms. The van der Waals surface area contributed by atoms with E-state index in [1.165, 1.54) is 0 Å². The van der Waals surface area contributed by atoms with Crippen LogP contribution in [0.2, 0.25) is 0 Å². The van der Waals surface area contributed by atoms with Crippen LogP contribution in [0.15, 0.2) is 35.5 Å². The van der Waals surface area contributed by atoms with Crippen molar-refractivity contribution in [1.82, 2.24) is 5.32 Å². The molecular formula is C14H16N2O4. The predicted octanol–water partition coefficient (Wildman–Crippen LogP) is 1.16. The Balaban J connectivity index is 1.88. The maximum absolute atomic E-state index is 11.9. The fourth-order valence-electron chi connectivity index (χ4n) is 1.97. The van der Waals surface area contributed by atoms with Crippen molar-refractivity contribution >= 4 is 17.6 Å². The molecule has 0 saturated carbocycles. The number of carboxylic acid groups (broad SMARTS) is 1. The van der Waals surface area contributed by atoms with Gasteiger partial charge in [0.05, 0.1) is 12.1 Å². The number of hydrogen-bond donors (Lipinski definition) is 2. The van der Waals surface area contributed by atoms with Crippen molar-refractivity contribution in [1.29, 1.82) is 0 Å². The first-order chi connectivity index (χ1) is 9.56. The van der Waals surface area contributed by atoms with Gasteiger partial charge in [-0.2, -0.15) is 0 Å². The van der Waals surface area contributed by atoms with Gasteiger partial charge < -0.3 is 15.3 Å².